The summed E-state index contributed by atoms with van der Waals surface area (Å²) in [7, 11) is 0. The molecule has 0 aliphatic carbocycles. The van der Waals surface area contributed by atoms with Crippen LogP contribution in [0.5, 0.6) is 0 Å². The second-order valence-electron chi connectivity index (χ2n) is 4.67. The molecule has 1 saturated heterocycles. The van der Waals surface area contributed by atoms with Gasteiger partial charge in [0.25, 0.3) is 0 Å². The van der Waals surface area contributed by atoms with Crippen molar-refractivity contribution in [2.45, 2.75) is 58.4 Å². The Kier molecular flexibility index (Phi) is 6.46. The van der Waals surface area contributed by atoms with E-state index in [1.165, 1.54) is 19.3 Å². The molecule has 0 aromatic carbocycles. The van der Waals surface area contributed by atoms with Gasteiger partial charge < -0.3 is 10.2 Å². The van der Waals surface area contributed by atoms with Gasteiger partial charge in [0.2, 0.25) is 5.91 Å². The van der Waals surface area contributed by atoms with E-state index in [0.29, 0.717) is 18.4 Å². The molecule has 0 aromatic rings. The van der Waals surface area contributed by atoms with Crippen LogP contribution < -0.4 is 5.32 Å². The van der Waals surface area contributed by atoms with Crippen LogP contribution in [0.2, 0.25) is 0 Å². The molecular weight excluding hydrogens is 200 g/mol. The summed E-state index contributed by atoms with van der Waals surface area (Å²) in [4.78, 5) is 13.5. The highest BCUT2D eigenvalue weighted by molar-refractivity contribution is 5.75. The largest absolute Gasteiger partial charge is 0.343 e. The molecule has 0 spiro atoms. The molecule has 16 heavy (non-hydrogen) atoms. The molecule has 1 N–H and O–H groups in total. The minimum absolute atomic E-state index is 0.310. The van der Waals surface area contributed by atoms with E-state index in [-0.39, 0.29) is 0 Å². The molecule has 1 fully saturated rings. The van der Waals surface area contributed by atoms with Crippen molar-refractivity contribution in [3.05, 3.63) is 0 Å². The highest BCUT2D eigenvalue weighted by Gasteiger charge is 2.20. The number of hydrogen-bond acceptors (Lipinski definition) is 2. The van der Waals surface area contributed by atoms with Crippen LogP contribution in [0.3, 0.4) is 0 Å². The van der Waals surface area contributed by atoms with Crippen LogP contribution >= 0.6 is 0 Å². The molecule has 0 saturated carbocycles. The number of nitrogens with one attached hydrogen (secondary N) is 1. The third kappa shape index (κ3) is 4.52. The summed E-state index contributed by atoms with van der Waals surface area (Å²) < 4.78 is 0. The van der Waals surface area contributed by atoms with Crippen LogP contribution in [-0.2, 0) is 4.79 Å². The number of unbranched alkanes of at least 4 members (excludes halogenated alkanes) is 2. The lowest BCUT2D eigenvalue weighted by molar-refractivity contribution is -0.131. The molecular formula is C13H26N2O. The maximum Gasteiger partial charge on any atom is 0.222 e. The standard InChI is InChI=1S/C13H26N2O/c1-3-5-6-9-14-12-7-10-15(11-8-12)13(16)4-2/h12,14H,3-11H2,1-2H3. The Morgan fingerprint density at radius 2 is 1.94 bits per heavy atom. The van der Waals surface area contributed by atoms with Gasteiger partial charge in [-0.15, -0.1) is 0 Å². The van der Waals surface area contributed by atoms with Gasteiger partial charge in [-0.2, -0.15) is 0 Å². The van der Waals surface area contributed by atoms with Gasteiger partial charge in [-0.25, -0.2) is 0 Å². The lowest BCUT2D eigenvalue weighted by Crippen LogP contribution is -2.44. The van der Waals surface area contributed by atoms with E-state index in [2.05, 4.69) is 12.2 Å². The topological polar surface area (TPSA) is 32.3 Å². The Morgan fingerprint density at radius 1 is 1.25 bits per heavy atom. The molecule has 0 aromatic heterocycles. The first-order valence-electron chi connectivity index (χ1n) is 6.79. The van der Waals surface area contributed by atoms with Gasteiger partial charge in [0.1, 0.15) is 0 Å². The Balaban J connectivity index is 2.10. The molecule has 94 valence electrons. The van der Waals surface area contributed by atoms with Gasteiger partial charge in [-0.3, -0.25) is 4.79 Å². The maximum absolute atomic E-state index is 11.5. The molecule has 1 rings (SSSR count). The van der Waals surface area contributed by atoms with Crippen molar-refractivity contribution in [2.75, 3.05) is 19.6 Å². The Bertz CT molecular complexity index is 198. The Hall–Kier alpha value is -0.570. The van der Waals surface area contributed by atoms with Crippen LogP contribution in [-0.4, -0.2) is 36.5 Å². The minimum atomic E-state index is 0.310. The zero-order valence-electron chi connectivity index (χ0n) is 10.8. The van der Waals surface area contributed by atoms with Crippen molar-refractivity contribution in [3.8, 4) is 0 Å². The number of amides is 1. The average Bonchev–Trinajstić information content (AvgIpc) is 2.34. The summed E-state index contributed by atoms with van der Waals surface area (Å²) in [5.74, 6) is 0.310. The van der Waals surface area contributed by atoms with Gasteiger partial charge in [0.15, 0.2) is 0 Å². The second kappa shape index (κ2) is 7.66. The van der Waals surface area contributed by atoms with Crippen LogP contribution in [0.1, 0.15) is 52.4 Å². The first-order valence-corrected chi connectivity index (χ1v) is 6.79. The number of likely N-dealkylation sites (tertiary alicyclic amines) is 1. The van der Waals surface area contributed by atoms with Crippen LogP contribution in [0.15, 0.2) is 0 Å². The van der Waals surface area contributed by atoms with E-state index >= 15 is 0 Å². The number of hydrogen-bond donors (Lipinski definition) is 1. The SMILES string of the molecule is CCCCCNC1CCN(C(=O)CC)CC1. The zero-order chi connectivity index (χ0) is 11.8. The number of nitrogens with zero attached hydrogens (tertiary/aromatic N) is 1. The molecule has 0 unspecified atom stereocenters. The fourth-order valence-electron chi connectivity index (χ4n) is 2.24. The molecule has 1 heterocycles. The molecule has 0 radical (unpaired) electrons. The van der Waals surface area contributed by atoms with Gasteiger partial charge in [0, 0.05) is 25.6 Å². The van der Waals surface area contributed by atoms with Crippen LogP contribution in [0.25, 0.3) is 0 Å². The highest BCUT2D eigenvalue weighted by Crippen LogP contribution is 2.11. The zero-order valence-corrected chi connectivity index (χ0v) is 10.8. The fraction of sp³-hybridized carbons (Fsp3) is 0.923. The number of rotatable bonds is 6. The van der Waals surface area contributed by atoms with Gasteiger partial charge in [-0.05, 0) is 25.8 Å². The van der Waals surface area contributed by atoms with Crippen molar-refractivity contribution in [3.63, 3.8) is 0 Å². The summed E-state index contributed by atoms with van der Waals surface area (Å²) in [5, 5.41) is 3.60. The van der Waals surface area contributed by atoms with E-state index in [4.69, 9.17) is 0 Å². The van der Waals surface area contributed by atoms with Crippen molar-refractivity contribution in [2.24, 2.45) is 0 Å². The summed E-state index contributed by atoms with van der Waals surface area (Å²) in [6.07, 6.45) is 6.78. The third-order valence-electron chi connectivity index (χ3n) is 3.36. The van der Waals surface area contributed by atoms with E-state index in [1.807, 2.05) is 11.8 Å². The molecule has 0 bridgehead atoms. The first kappa shape index (κ1) is 13.5. The number of carbonyl (C=O) groups excluding carboxylic acids is 1. The lowest BCUT2D eigenvalue weighted by Gasteiger charge is -2.32. The quantitative estimate of drug-likeness (QED) is 0.704. The van der Waals surface area contributed by atoms with Crippen molar-refractivity contribution in [1.29, 1.82) is 0 Å². The number of carbonyl (C=O) groups is 1. The van der Waals surface area contributed by atoms with E-state index in [9.17, 15) is 4.79 Å². The van der Waals surface area contributed by atoms with E-state index in [0.717, 1.165) is 32.5 Å². The monoisotopic (exact) mass is 226 g/mol. The third-order valence-corrected chi connectivity index (χ3v) is 3.36. The average molecular weight is 226 g/mol. The van der Waals surface area contributed by atoms with Gasteiger partial charge in [0.05, 0.1) is 0 Å². The van der Waals surface area contributed by atoms with Crippen LogP contribution in [0, 0.1) is 0 Å². The minimum Gasteiger partial charge on any atom is -0.343 e. The summed E-state index contributed by atoms with van der Waals surface area (Å²) in [6, 6.07) is 0.637. The summed E-state index contributed by atoms with van der Waals surface area (Å²) in [5.41, 5.74) is 0. The number of piperidine rings is 1. The molecule has 3 nitrogen and oxygen atoms in total. The predicted octanol–water partition coefficient (Wildman–Crippen LogP) is 2.17. The summed E-state index contributed by atoms with van der Waals surface area (Å²) in [6.45, 7) is 7.20. The van der Waals surface area contributed by atoms with Crippen molar-refractivity contribution >= 4 is 5.91 Å². The van der Waals surface area contributed by atoms with Crippen molar-refractivity contribution in [1.82, 2.24) is 10.2 Å². The van der Waals surface area contributed by atoms with E-state index in [1.54, 1.807) is 0 Å². The molecule has 1 aliphatic heterocycles. The van der Waals surface area contributed by atoms with Crippen molar-refractivity contribution < 1.29 is 4.79 Å². The summed E-state index contributed by atoms with van der Waals surface area (Å²) >= 11 is 0. The second-order valence-corrected chi connectivity index (χ2v) is 4.67. The smallest absolute Gasteiger partial charge is 0.222 e. The molecule has 1 amide bonds. The molecule has 0 atom stereocenters. The first-order chi connectivity index (χ1) is 7.77. The lowest BCUT2D eigenvalue weighted by atomic mass is 10.0. The molecule has 3 heteroatoms. The maximum atomic E-state index is 11.5. The van der Waals surface area contributed by atoms with E-state index < -0.39 is 0 Å². The van der Waals surface area contributed by atoms with Crippen LogP contribution in [0.4, 0.5) is 0 Å². The molecule has 1 aliphatic rings. The van der Waals surface area contributed by atoms with Gasteiger partial charge >= 0.3 is 0 Å². The Labute approximate surface area is 99.6 Å². The highest BCUT2D eigenvalue weighted by atomic mass is 16.2. The Morgan fingerprint density at radius 3 is 2.50 bits per heavy atom. The van der Waals surface area contributed by atoms with Gasteiger partial charge in [-0.1, -0.05) is 26.7 Å². The fourth-order valence-corrected chi connectivity index (χ4v) is 2.24. The predicted molar refractivity (Wildman–Crippen MR) is 67.4 cm³/mol. The normalized spacial score (nSPS) is 17.8.